The van der Waals surface area contributed by atoms with E-state index in [1.54, 1.807) is 7.11 Å². The second-order valence-corrected chi connectivity index (χ2v) is 6.25. The third-order valence-corrected chi connectivity index (χ3v) is 4.62. The zero-order valence-electron chi connectivity index (χ0n) is 14.3. The molecule has 1 saturated heterocycles. The summed E-state index contributed by atoms with van der Waals surface area (Å²) in [7, 11) is 1.63. The van der Waals surface area contributed by atoms with Gasteiger partial charge in [0, 0.05) is 30.4 Å². The largest absolute Gasteiger partial charge is 0.497 e. The van der Waals surface area contributed by atoms with Gasteiger partial charge in [-0.2, -0.15) is 0 Å². The first-order chi connectivity index (χ1) is 11.7. The van der Waals surface area contributed by atoms with Crippen LogP contribution in [0.4, 0.5) is 5.69 Å². The van der Waals surface area contributed by atoms with Crippen molar-refractivity contribution in [3.63, 3.8) is 0 Å². The van der Waals surface area contributed by atoms with Crippen molar-refractivity contribution in [3.05, 3.63) is 59.7 Å². The highest BCUT2D eigenvalue weighted by Gasteiger charge is 2.23. The van der Waals surface area contributed by atoms with Gasteiger partial charge in [0.05, 0.1) is 7.11 Å². The zero-order chi connectivity index (χ0) is 16.9. The van der Waals surface area contributed by atoms with Gasteiger partial charge >= 0.3 is 0 Å². The van der Waals surface area contributed by atoms with Crippen LogP contribution in [0.5, 0.6) is 5.75 Å². The van der Waals surface area contributed by atoms with Crippen LogP contribution < -0.4 is 10.1 Å². The van der Waals surface area contributed by atoms with Crippen LogP contribution in [0.2, 0.25) is 0 Å². The fraction of sp³-hybridized carbons (Fsp3) is 0.350. The van der Waals surface area contributed by atoms with Crippen LogP contribution in [0, 0.1) is 6.92 Å². The molecule has 2 aromatic carbocycles. The van der Waals surface area contributed by atoms with Gasteiger partial charge in [-0.1, -0.05) is 18.2 Å². The van der Waals surface area contributed by atoms with E-state index in [1.165, 1.54) is 11.3 Å². The van der Waals surface area contributed by atoms with E-state index in [2.05, 4.69) is 36.5 Å². The number of hydrogen-bond donors (Lipinski definition) is 1. The average molecular weight is 324 g/mol. The van der Waals surface area contributed by atoms with Crippen molar-refractivity contribution in [1.82, 2.24) is 4.90 Å². The van der Waals surface area contributed by atoms with Crippen LogP contribution in [0.25, 0.3) is 0 Å². The number of para-hydroxylation sites is 1. The number of carbonyl (C=O) groups is 1. The summed E-state index contributed by atoms with van der Waals surface area (Å²) < 4.78 is 5.14. The highest BCUT2D eigenvalue weighted by Crippen LogP contribution is 2.21. The Bertz CT molecular complexity index is 689. The Kier molecular flexibility index (Phi) is 5.04. The predicted molar refractivity (Wildman–Crippen MR) is 96.7 cm³/mol. The van der Waals surface area contributed by atoms with Crippen molar-refractivity contribution in [1.29, 1.82) is 0 Å². The lowest BCUT2D eigenvalue weighted by Crippen LogP contribution is -2.42. The van der Waals surface area contributed by atoms with Gasteiger partial charge in [0.25, 0.3) is 5.91 Å². The number of aryl methyl sites for hydroxylation is 1. The van der Waals surface area contributed by atoms with Crippen LogP contribution in [-0.4, -0.2) is 37.0 Å². The van der Waals surface area contributed by atoms with E-state index >= 15 is 0 Å². The molecular weight excluding hydrogens is 300 g/mol. The van der Waals surface area contributed by atoms with Crippen LogP contribution in [0.1, 0.15) is 28.8 Å². The lowest BCUT2D eigenvalue weighted by molar-refractivity contribution is 0.0718. The van der Waals surface area contributed by atoms with Gasteiger partial charge in [0.2, 0.25) is 0 Å². The molecule has 0 bridgehead atoms. The molecule has 4 heteroatoms. The van der Waals surface area contributed by atoms with Crippen LogP contribution in [0.15, 0.2) is 48.5 Å². The quantitative estimate of drug-likeness (QED) is 0.932. The SMILES string of the molecule is COc1ccc(C(=O)N2CCC(Nc3ccccc3C)CC2)cc1. The van der Waals surface area contributed by atoms with Crippen molar-refractivity contribution in [2.45, 2.75) is 25.8 Å². The van der Waals surface area contributed by atoms with E-state index in [1.807, 2.05) is 29.2 Å². The Balaban J connectivity index is 1.56. The Labute approximate surface area is 143 Å². The number of nitrogens with zero attached hydrogens (tertiary/aromatic N) is 1. The minimum Gasteiger partial charge on any atom is -0.497 e. The Morgan fingerprint density at radius 3 is 2.38 bits per heavy atom. The first-order valence-electron chi connectivity index (χ1n) is 8.43. The maximum atomic E-state index is 12.6. The Morgan fingerprint density at radius 2 is 1.75 bits per heavy atom. The number of methoxy groups -OCH3 is 1. The molecule has 2 aromatic rings. The van der Waals surface area contributed by atoms with E-state index in [4.69, 9.17) is 4.74 Å². The normalized spacial score (nSPS) is 15.2. The highest BCUT2D eigenvalue weighted by molar-refractivity contribution is 5.94. The molecule has 3 rings (SSSR count). The van der Waals surface area contributed by atoms with Gasteiger partial charge < -0.3 is 15.0 Å². The molecular formula is C20H24N2O2. The lowest BCUT2D eigenvalue weighted by Gasteiger charge is -2.33. The number of nitrogens with one attached hydrogen (secondary N) is 1. The van der Waals surface area contributed by atoms with Gasteiger partial charge in [0.1, 0.15) is 5.75 Å². The number of ether oxygens (including phenoxy) is 1. The molecule has 1 aliphatic rings. The Hall–Kier alpha value is -2.49. The standard InChI is InChI=1S/C20H24N2O2/c1-15-5-3-4-6-19(15)21-17-11-13-22(14-12-17)20(23)16-7-9-18(24-2)10-8-16/h3-10,17,21H,11-14H2,1-2H3. The van der Waals surface area contributed by atoms with Crippen molar-refractivity contribution < 1.29 is 9.53 Å². The molecule has 0 spiro atoms. The molecule has 1 amide bonds. The van der Waals surface area contributed by atoms with Gasteiger partial charge in [-0.3, -0.25) is 4.79 Å². The highest BCUT2D eigenvalue weighted by atomic mass is 16.5. The minimum absolute atomic E-state index is 0.104. The summed E-state index contributed by atoms with van der Waals surface area (Å²) in [5.41, 5.74) is 3.17. The second kappa shape index (κ2) is 7.39. The molecule has 0 saturated carbocycles. The van der Waals surface area contributed by atoms with E-state index < -0.39 is 0 Å². The molecule has 1 fully saturated rings. The summed E-state index contributed by atoms with van der Waals surface area (Å²) in [6.45, 7) is 3.69. The maximum absolute atomic E-state index is 12.6. The number of hydrogen-bond acceptors (Lipinski definition) is 3. The average Bonchev–Trinajstić information content (AvgIpc) is 2.64. The molecule has 1 heterocycles. The number of likely N-dealkylation sites (tertiary alicyclic amines) is 1. The maximum Gasteiger partial charge on any atom is 0.253 e. The first kappa shape index (κ1) is 16.4. The first-order valence-corrected chi connectivity index (χ1v) is 8.43. The van der Waals surface area contributed by atoms with Gasteiger partial charge in [-0.25, -0.2) is 0 Å². The number of carbonyl (C=O) groups excluding carboxylic acids is 1. The predicted octanol–water partition coefficient (Wildman–Crippen LogP) is 3.72. The fourth-order valence-electron chi connectivity index (χ4n) is 3.10. The summed E-state index contributed by atoms with van der Waals surface area (Å²) >= 11 is 0. The van der Waals surface area contributed by atoms with Crippen molar-refractivity contribution in [2.75, 3.05) is 25.5 Å². The summed E-state index contributed by atoms with van der Waals surface area (Å²) in [4.78, 5) is 14.5. The molecule has 0 aromatic heterocycles. The topological polar surface area (TPSA) is 41.6 Å². The summed E-state index contributed by atoms with van der Waals surface area (Å²) in [5.74, 6) is 0.875. The minimum atomic E-state index is 0.104. The lowest BCUT2D eigenvalue weighted by atomic mass is 10.0. The summed E-state index contributed by atoms with van der Waals surface area (Å²) in [6, 6.07) is 16.1. The van der Waals surface area contributed by atoms with E-state index in [0.29, 0.717) is 6.04 Å². The molecule has 1 aliphatic heterocycles. The van der Waals surface area contributed by atoms with Gasteiger partial charge in [-0.15, -0.1) is 0 Å². The van der Waals surface area contributed by atoms with Crippen molar-refractivity contribution in [2.24, 2.45) is 0 Å². The Morgan fingerprint density at radius 1 is 1.08 bits per heavy atom. The number of rotatable bonds is 4. The summed E-state index contributed by atoms with van der Waals surface area (Å²) in [5, 5.41) is 3.61. The monoisotopic (exact) mass is 324 g/mol. The van der Waals surface area contributed by atoms with E-state index in [0.717, 1.165) is 37.2 Å². The third kappa shape index (κ3) is 3.70. The number of piperidine rings is 1. The molecule has 4 nitrogen and oxygen atoms in total. The molecule has 0 aliphatic carbocycles. The van der Waals surface area contributed by atoms with Crippen molar-refractivity contribution >= 4 is 11.6 Å². The molecule has 0 radical (unpaired) electrons. The smallest absolute Gasteiger partial charge is 0.253 e. The van der Waals surface area contributed by atoms with Crippen LogP contribution in [0.3, 0.4) is 0 Å². The molecule has 1 N–H and O–H groups in total. The van der Waals surface area contributed by atoms with Crippen molar-refractivity contribution in [3.8, 4) is 5.75 Å². The van der Waals surface area contributed by atoms with Crippen LogP contribution in [-0.2, 0) is 0 Å². The van der Waals surface area contributed by atoms with E-state index in [9.17, 15) is 4.79 Å². The molecule has 0 atom stereocenters. The number of anilines is 1. The zero-order valence-corrected chi connectivity index (χ0v) is 14.3. The molecule has 126 valence electrons. The molecule has 24 heavy (non-hydrogen) atoms. The van der Waals surface area contributed by atoms with Gasteiger partial charge in [-0.05, 0) is 55.7 Å². The van der Waals surface area contributed by atoms with Gasteiger partial charge in [0.15, 0.2) is 0 Å². The molecule has 0 unspecified atom stereocenters. The van der Waals surface area contributed by atoms with Crippen LogP contribution >= 0.6 is 0 Å². The number of amides is 1. The summed E-state index contributed by atoms with van der Waals surface area (Å²) in [6.07, 6.45) is 1.94. The second-order valence-electron chi connectivity index (χ2n) is 6.25. The number of benzene rings is 2. The third-order valence-electron chi connectivity index (χ3n) is 4.62. The van der Waals surface area contributed by atoms with E-state index in [-0.39, 0.29) is 5.91 Å². The fourth-order valence-corrected chi connectivity index (χ4v) is 3.10.